The summed E-state index contributed by atoms with van der Waals surface area (Å²) in [5.74, 6) is -2.95. The Bertz CT molecular complexity index is 816. The maximum Gasteiger partial charge on any atom is 0.349 e. The Morgan fingerprint density at radius 2 is 2.00 bits per heavy atom. The van der Waals surface area contributed by atoms with Crippen LogP contribution < -0.4 is 10.1 Å². The number of thiophene rings is 1. The first kappa shape index (κ1) is 17.8. The lowest BCUT2D eigenvalue weighted by molar-refractivity contribution is -0.139. The van der Waals surface area contributed by atoms with Gasteiger partial charge in [0.1, 0.15) is 5.02 Å². The quantitative estimate of drug-likeness (QED) is 0.720. The highest BCUT2D eigenvalue weighted by Crippen LogP contribution is 2.45. The molecule has 0 fully saturated rings. The number of halogens is 1. The minimum atomic E-state index is -1.27. The molecule has 0 aliphatic carbocycles. The van der Waals surface area contributed by atoms with Crippen LogP contribution in [0.5, 0.6) is 5.75 Å². The maximum atomic E-state index is 11.3. The summed E-state index contributed by atoms with van der Waals surface area (Å²) in [7, 11) is 0. The molecule has 0 aliphatic rings. The third-order valence-corrected chi connectivity index (χ3v) is 4.47. The average molecular weight is 370 g/mol. The van der Waals surface area contributed by atoms with Crippen LogP contribution in [0.15, 0.2) is 24.3 Å². The molecule has 7 nitrogen and oxygen atoms in total. The number of rotatable bonds is 6. The Labute approximate surface area is 145 Å². The molecule has 0 unspecified atom stereocenters. The molecule has 3 N–H and O–H groups in total. The van der Waals surface area contributed by atoms with Crippen molar-refractivity contribution in [3.63, 3.8) is 0 Å². The van der Waals surface area contributed by atoms with Crippen molar-refractivity contribution in [3.05, 3.63) is 34.2 Å². The SMILES string of the molecule is CC(=O)Nc1cccc(-c2sc(C(=O)O)c(OCC(=O)O)c2Cl)c1. The number of hydrogen-bond donors (Lipinski definition) is 3. The highest BCUT2D eigenvalue weighted by Gasteiger charge is 2.24. The number of benzene rings is 1. The normalized spacial score (nSPS) is 10.2. The van der Waals surface area contributed by atoms with Gasteiger partial charge in [0.05, 0.1) is 4.88 Å². The van der Waals surface area contributed by atoms with Gasteiger partial charge >= 0.3 is 11.9 Å². The largest absolute Gasteiger partial charge is 0.479 e. The second kappa shape index (κ2) is 7.33. The zero-order chi connectivity index (χ0) is 17.9. The first-order valence-electron chi connectivity index (χ1n) is 6.57. The molecule has 1 heterocycles. The van der Waals surface area contributed by atoms with Crippen molar-refractivity contribution in [1.29, 1.82) is 0 Å². The molecule has 2 rings (SSSR count). The molecule has 126 valence electrons. The highest BCUT2D eigenvalue weighted by atomic mass is 35.5. The third-order valence-electron chi connectivity index (χ3n) is 2.79. The van der Waals surface area contributed by atoms with Gasteiger partial charge in [0.15, 0.2) is 17.2 Å². The van der Waals surface area contributed by atoms with Gasteiger partial charge in [0.2, 0.25) is 5.91 Å². The topological polar surface area (TPSA) is 113 Å². The van der Waals surface area contributed by atoms with E-state index >= 15 is 0 Å². The second-order valence-corrected chi connectivity index (χ2v) is 6.05. The molecule has 1 aromatic carbocycles. The van der Waals surface area contributed by atoms with Gasteiger partial charge in [-0.05, 0) is 17.7 Å². The molecule has 1 aromatic heterocycles. The monoisotopic (exact) mass is 369 g/mol. The van der Waals surface area contributed by atoms with Crippen LogP contribution in [0.2, 0.25) is 5.02 Å². The zero-order valence-corrected chi connectivity index (χ0v) is 13.9. The Morgan fingerprint density at radius 3 is 2.58 bits per heavy atom. The van der Waals surface area contributed by atoms with E-state index in [-0.39, 0.29) is 21.6 Å². The lowest BCUT2D eigenvalue weighted by atomic mass is 10.1. The van der Waals surface area contributed by atoms with E-state index < -0.39 is 18.5 Å². The standard InChI is InChI=1S/C15H12ClNO6S/c1-7(18)17-9-4-2-3-8(5-9)13-11(16)12(23-6-10(19)20)14(24-13)15(21)22/h2-5H,6H2,1H3,(H,17,18)(H,19,20)(H,21,22). The molecule has 9 heteroatoms. The van der Waals surface area contributed by atoms with E-state index in [2.05, 4.69) is 5.32 Å². The molecule has 0 atom stereocenters. The highest BCUT2D eigenvalue weighted by molar-refractivity contribution is 7.18. The molecular weight excluding hydrogens is 358 g/mol. The van der Waals surface area contributed by atoms with Crippen molar-refractivity contribution in [3.8, 4) is 16.2 Å². The van der Waals surface area contributed by atoms with Gasteiger partial charge in [-0.15, -0.1) is 11.3 Å². The van der Waals surface area contributed by atoms with Crippen molar-refractivity contribution in [2.75, 3.05) is 11.9 Å². The summed E-state index contributed by atoms with van der Waals surface area (Å²) in [4.78, 5) is 33.3. The van der Waals surface area contributed by atoms with Gasteiger partial charge in [-0.1, -0.05) is 23.7 Å². The molecule has 1 amide bonds. The van der Waals surface area contributed by atoms with E-state index in [1.165, 1.54) is 6.92 Å². The number of anilines is 1. The number of hydrogen-bond acceptors (Lipinski definition) is 5. The van der Waals surface area contributed by atoms with Crippen molar-refractivity contribution >= 4 is 46.5 Å². The van der Waals surface area contributed by atoms with Gasteiger partial charge < -0.3 is 20.3 Å². The molecule has 0 radical (unpaired) electrons. The van der Waals surface area contributed by atoms with E-state index in [9.17, 15) is 19.5 Å². The van der Waals surface area contributed by atoms with Crippen LogP contribution in [-0.4, -0.2) is 34.7 Å². The molecule has 0 saturated heterocycles. The van der Waals surface area contributed by atoms with Crippen LogP contribution in [0.4, 0.5) is 5.69 Å². The summed E-state index contributed by atoms with van der Waals surface area (Å²) < 4.78 is 5.02. The maximum absolute atomic E-state index is 11.3. The summed E-state index contributed by atoms with van der Waals surface area (Å²) >= 11 is 7.06. The third kappa shape index (κ3) is 4.03. The zero-order valence-electron chi connectivity index (χ0n) is 12.3. The van der Waals surface area contributed by atoms with E-state index in [0.717, 1.165) is 11.3 Å². The summed E-state index contributed by atoms with van der Waals surface area (Å²) in [5, 5.41) is 20.6. The Balaban J connectivity index is 2.47. The van der Waals surface area contributed by atoms with Crippen LogP contribution in [0.1, 0.15) is 16.6 Å². The number of carboxylic acid groups (broad SMARTS) is 2. The van der Waals surface area contributed by atoms with Crippen molar-refractivity contribution in [1.82, 2.24) is 0 Å². The minimum Gasteiger partial charge on any atom is -0.479 e. The molecular formula is C15H12ClNO6S. The minimum absolute atomic E-state index is 0.0126. The van der Waals surface area contributed by atoms with E-state index in [4.69, 9.17) is 21.4 Å². The van der Waals surface area contributed by atoms with E-state index in [0.29, 0.717) is 16.1 Å². The Kier molecular flexibility index (Phi) is 5.42. The summed E-state index contributed by atoms with van der Waals surface area (Å²) in [6.07, 6.45) is 0. The van der Waals surface area contributed by atoms with Crippen molar-refractivity contribution in [2.24, 2.45) is 0 Å². The number of ether oxygens (including phenoxy) is 1. The van der Waals surface area contributed by atoms with Crippen LogP contribution >= 0.6 is 22.9 Å². The van der Waals surface area contributed by atoms with Gasteiger partial charge in [-0.25, -0.2) is 9.59 Å². The number of nitrogens with one attached hydrogen (secondary N) is 1. The van der Waals surface area contributed by atoms with Crippen LogP contribution in [0.25, 0.3) is 10.4 Å². The van der Waals surface area contributed by atoms with Crippen molar-refractivity contribution < 1.29 is 29.3 Å². The van der Waals surface area contributed by atoms with Crippen LogP contribution in [-0.2, 0) is 9.59 Å². The number of carboxylic acids is 2. The van der Waals surface area contributed by atoms with E-state index in [1.807, 2.05) is 0 Å². The predicted molar refractivity (Wildman–Crippen MR) is 89.2 cm³/mol. The van der Waals surface area contributed by atoms with Crippen LogP contribution in [0, 0.1) is 0 Å². The Morgan fingerprint density at radius 1 is 1.29 bits per heavy atom. The molecule has 0 aliphatic heterocycles. The average Bonchev–Trinajstić information content (AvgIpc) is 2.82. The fourth-order valence-electron chi connectivity index (χ4n) is 1.93. The number of amides is 1. The lowest BCUT2D eigenvalue weighted by Gasteiger charge is -2.05. The van der Waals surface area contributed by atoms with Crippen molar-refractivity contribution in [2.45, 2.75) is 6.92 Å². The number of carbonyl (C=O) groups is 3. The fourth-order valence-corrected chi connectivity index (χ4v) is 3.33. The predicted octanol–water partition coefficient (Wildman–Crippen LogP) is 3.19. The molecule has 2 aromatic rings. The van der Waals surface area contributed by atoms with Gasteiger partial charge in [-0.3, -0.25) is 4.79 Å². The molecule has 0 spiro atoms. The Hall–Kier alpha value is -2.58. The summed E-state index contributed by atoms with van der Waals surface area (Å²) in [6.45, 7) is 0.660. The summed E-state index contributed by atoms with van der Waals surface area (Å²) in [6, 6.07) is 6.67. The molecule has 24 heavy (non-hydrogen) atoms. The first-order chi connectivity index (χ1) is 11.3. The smallest absolute Gasteiger partial charge is 0.349 e. The molecule has 0 bridgehead atoms. The van der Waals surface area contributed by atoms with Gasteiger partial charge in [0.25, 0.3) is 0 Å². The van der Waals surface area contributed by atoms with Crippen LogP contribution in [0.3, 0.4) is 0 Å². The summed E-state index contributed by atoms with van der Waals surface area (Å²) in [5.41, 5.74) is 1.10. The van der Waals surface area contributed by atoms with Gasteiger partial charge in [-0.2, -0.15) is 0 Å². The number of carbonyl (C=O) groups excluding carboxylic acids is 1. The fraction of sp³-hybridized carbons (Fsp3) is 0.133. The van der Waals surface area contributed by atoms with Gasteiger partial charge in [0, 0.05) is 12.6 Å². The lowest BCUT2D eigenvalue weighted by Crippen LogP contribution is -2.10. The number of aliphatic carboxylic acids is 1. The van der Waals surface area contributed by atoms with E-state index in [1.54, 1.807) is 24.3 Å². The molecule has 0 saturated carbocycles. The first-order valence-corrected chi connectivity index (χ1v) is 7.77. The second-order valence-electron chi connectivity index (χ2n) is 4.65. The number of aromatic carboxylic acids is 1.